The van der Waals surface area contributed by atoms with Crippen molar-refractivity contribution >= 4 is 0 Å². The number of rotatable bonds is 0. The number of hydrogen-bond donors (Lipinski definition) is 0. The van der Waals surface area contributed by atoms with Crippen LogP contribution in [0.15, 0.2) is 0 Å². The van der Waals surface area contributed by atoms with E-state index in [2.05, 4.69) is 0 Å². The Bertz CT molecular complexity index is 83.7. The van der Waals surface area contributed by atoms with Crippen molar-refractivity contribution in [2.24, 2.45) is 0 Å². The second-order valence-corrected chi connectivity index (χ2v) is 2.11. The van der Waals surface area contributed by atoms with E-state index in [4.69, 9.17) is 14.5 Å². The lowest BCUT2D eigenvalue weighted by Crippen LogP contribution is -1.98. The second-order valence-electron chi connectivity index (χ2n) is 2.11. The summed E-state index contributed by atoms with van der Waals surface area (Å²) in [7, 11) is 0. The van der Waals surface area contributed by atoms with Crippen LogP contribution >= 0.6 is 0 Å². The lowest BCUT2D eigenvalue weighted by atomic mass is 10.3. The van der Waals surface area contributed by atoms with Crippen LogP contribution in [0.4, 0.5) is 0 Å². The van der Waals surface area contributed by atoms with Crippen molar-refractivity contribution in [3.05, 3.63) is 0 Å². The fraction of sp³-hybridized carbons (Fsp3) is 1.00. The predicted molar refractivity (Wildman–Crippen MR) is 25.2 cm³/mol. The zero-order valence-corrected chi connectivity index (χ0v) is 4.50. The summed E-state index contributed by atoms with van der Waals surface area (Å²) in [5, 5.41) is 0. The highest BCUT2D eigenvalue weighted by Crippen LogP contribution is 2.27. The van der Waals surface area contributed by atoms with Crippen molar-refractivity contribution in [1.29, 1.82) is 0 Å². The molecule has 2 heterocycles. The molecule has 0 spiro atoms. The third kappa shape index (κ3) is 0.727. The third-order valence-electron chi connectivity index (χ3n) is 1.49. The highest BCUT2D eigenvalue weighted by atomic mass is 17.2. The molecular formula is C5H8O3. The molecule has 0 N–H and O–H groups in total. The first kappa shape index (κ1) is 4.73. The molecule has 0 amide bonds. The Hall–Kier alpha value is -0.120. The van der Waals surface area contributed by atoms with E-state index >= 15 is 0 Å². The van der Waals surface area contributed by atoms with Crippen molar-refractivity contribution in [2.75, 3.05) is 13.2 Å². The van der Waals surface area contributed by atoms with Crippen LogP contribution in [0.2, 0.25) is 0 Å². The molecule has 2 fully saturated rings. The summed E-state index contributed by atoms with van der Waals surface area (Å²) in [5.41, 5.74) is 0. The molecule has 0 bridgehead atoms. The molecule has 2 aliphatic heterocycles. The van der Waals surface area contributed by atoms with Gasteiger partial charge in [-0.2, -0.15) is 0 Å². The van der Waals surface area contributed by atoms with E-state index in [1.165, 1.54) is 0 Å². The van der Waals surface area contributed by atoms with Crippen LogP contribution < -0.4 is 0 Å². The van der Waals surface area contributed by atoms with Gasteiger partial charge in [-0.15, -0.1) is 0 Å². The summed E-state index contributed by atoms with van der Waals surface area (Å²) >= 11 is 0. The van der Waals surface area contributed by atoms with Crippen LogP contribution in [0.1, 0.15) is 6.42 Å². The van der Waals surface area contributed by atoms with Gasteiger partial charge in [0.15, 0.2) is 0 Å². The summed E-state index contributed by atoms with van der Waals surface area (Å²) in [6.07, 6.45) is 1.78. The van der Waals surface area contributed by atoms with E-state index in [0.29, 0.717) is 25.4 Å². The average molecular weight is 116 g/mol. The fourth-order valence-electron chi connectivity index (χ4n) is 0.918. The van der Waals surface area contributed by atoms with Gasteiger partial charge < -0.3 is 4.74 Å². The molecule has 0 aromatic rings. The molecule has 2 rings (SSSR count). The van der Waals surface area contributed by atoms with Gasteiger partial charge in [-0.25, -0.2) is 9.78 Å². The van der Waals surface area contributed by atoms with Gasteiger partial charge in [0, 0.05) is 6.42 Å². The van der Waals surface area contributed by atoms with E-state index in [1.807, 2.05) is 0 Å². The van der Waals surface area contributed by atoms with E-state index in [0.717, 1.165) is 6.42 Å². The Kier molecular flexibility index (Phi) is 0.997. The molecular weight excluding hydrogens is 108 g/mol. The van der Waals surface area contributed by atoms with Crippen LogP contribution in [-0.2, 0) is 14.5 Å². The average Bonchev–Trinajstić information content (AvgIpc) is 2.36. The highest BCUT2D eigenvalue weighted by molar-refractivity contribution is 4.84. The Labute approximate surface area is 47.5 Å². The minimum Gasteiger partial charge on any atom is -0.367 e. The molecule has 0 aliphatic carbocycles. The second kappa shape index (κ2) is 1.69. The number of epoxide rings is 1. The molecule has 3 heteroatoms. The molecule has 2 aliphatic rings. The monoisotopic (exact) mass is 116 g/mol. The van der Waals surface area contributed by atoms with Gasteiger partial charge in [-0.05, 0) is 0 Å². The SMILES string of the molecule is C1CC2OC2COO1. The van der Waals surface area contributed by atoms with E-state index in [-0.39, 0.29) is 0 Å². The molecule has 2 saturated heterocycles. The maximum atomic E-state index is 5.15. The van der Waals surface area contributed by atoms with Gasteiger partial charge in [0.05, 0.1) is 12.7 Å². The van der Waals surface area contributed by atoms with Crippen LogP contribution in [-0.4, -0.2) is 25.4 Å². The molecule has 2 atom stereocenters. The summed E-state index contributed by atoms with van der Waals surface area (Å²) < 4.78 is 5.15. The largest absolute Gasteiger partial charge is 0.367 e. The van der Waals surface area contributed by atoms with Gasteiger partial charge in [0.25, 0.3) is 0 Å². The fourth-order valence-corrected chi connectivity index (χ4v) is 0.918. The third-order valence-corrected chi connectivity index (χ3v) is 1.49. The smallest absolute Gasteiger partial charge is 0.111 e. The molecule has 0 radical (unpaired) electrons. The Morgan fingerprint density at radius 3 is 3.12 bits per heavy atom. The first-order chi connectivity index (χ1) is 3.97. The number of fused-ring (bicyclic) bond motifs is 1. The topological polar surface area (TPSA) is 31.0 Å². The minimum atomic E-state index is 0.345. The summed E-state index contributed by atoms with van der Waals surface area (Å²) in [6.45, 7) is 1.30. The Morgan fingerprint density at radius 1 is 1.12 bits per heavy atom. The molecule has 46 valence electrons. The van der Waals surface area contributed by atoms with E-state index < -0.39 is 0 Å². The van der Waals surface area contributed by atoms with Gasteiger partial charge in [0.1, 0.15) is 12.7 Å². The standard InChI is InChI=1S/C5H8O3/c1-2-6-7-3-5-4(1)8-5/h4-5H,1-3H2. The summed E-state index contributed by atoms with van der Waals surface area (Å²) in [5.74, 6) is 0. The molecule has 0 aromatic heterocycles. The van der Waals surface area contributed by atoms with Gasteiger partial charge in [-0.3, -0.25) is 0 Å². The summed E-state index contributed by atoms with van der Waals surface area (Å²) in [6, 6.07) is 0. The minimum absolute atomic E-state index is 0.345. The van der Waals surface area contributed by atoms with Gasteiger partial charge >= 0.3 is 0 Å². The quantitative estimate of drug-likeness (QED) is 0.332. The maximum Gasteiger partial charge on any atom is 0.111 e. The molecule has 0 saturated carbocycles. The Balaban J connectivity index is 1.89. The van der Waals surface area contributed by atoms with Crippen LogP contribution in [0.5, 0.6) is 0 Å². The van der Waals surface area contributed by atoms with Crippen LogP contribution in [0, 0.1) is 0 Å². The summed E-state index contributed by atoms with van der Waals surface area (Å²) in [4.78, 5) is 9.44. The zero-order valence-electron chi connectivity index (χ0n) is 4.50. The first-order valence-electron chi connectivity index (χ1n) is 2.87. The predicted octanol–water partition coefficient (Wildman–Crippen LogP) is 0.106. The van der Waals surface area contributed by atoms with Gasteiger partial charge in [0.2, 0.25) is 0 Å². The zero-order chi connectivity index (χ0) is 5.40. The van der Waals surface area contributed by atoms with Crippen molar-refractivity contribution in [3.63, 3.8) is 0 Å². The Morgan fingerprint density at radius 2 is 2.12 bits per heavy atom. The molecule has 3 nitrogen and oxygen atoms in total. The number of ether oxygens (including phenoxy) is 1. The maximum absolute atomic E-state index is 5.15. The van der Waals surface area contributed by atoms with E-state index in [9.17, 15) is 0 Å². The van der Waals surface area contributed by atoms with Crippen LogP contribution in [0.3, 0.4) is 0 Å². The lowest BCUT2D eigenvalue weighted by molar-refractivity contribution is -0.294. The normalized spacial score (nSPS) is 45.0. The first-order valence-corrected chi connectivity index (χ1v) is 2.87. The van der Waals surface area contributed by atoms with Crippen LogP contribution in [0.25, 0.3) is 0 Å². The van der Waals surface area contributed by atoms with Gasteiger partial charge in [-0.1, -0.05) is 0 Å². The van der Waals surface area contributed by atoms with Crippen molar-refractivity contribution < 1.29 is 14.5 Å². The highest BCUT2D eigenvalue weighted by Gasteiger charge is 2.40. The van der Waals surface area contributed by atoms with Crippen molar-refractivity contribution in [3.8, 4) is 0 Å². The van der Waals surface area contributed by atoms with E-state index in [1.54, 1.807) is 0 Å². The molecule has 8 heavy (non-hydrogen) atoms. The molecule has 2 unspecified atom stereocenters. The number of hydrogen-bond acceptors (Lipinski definition) is 3. The van der Waals surface area contributed by atoms with Crippen molar-refractivity contribution in [2.45, 2.75) is 18.6 Å². The lowest BCUT2D eigenvalue weighted by Gasteiger charge is -1.95. The van der Waals surface area contributed by atoms with Crippen molar-refractivity contribution in [1.82, 2.24) is 0 Å². The molecule has 0 aromatic carbocycles.